The third kappa shape index (κ3) is 4.79. The van der Waals surface area contributed by atoms with Crippen molar-refractivity contribution in [1.82, 2.24) is 10.2 Å². The average molecular weight is 247 g/mol. The van der Waals surface area contributed by atoms with Gasteiger partial charge >= 0.3 is 0 Å². The number of carbonyl (C=O) groups is 1. The number of rotatable bonds is 7. The smallest absolute Gasteiger partial charge is 0.249 e. The Bertz CT molecular complexity index is 232. The molecule has 92 valence electrons. The second-order valence-corrected chi connectivity index (χ2v) is 3.47. The summed E-state index contributed by atoms with van der Waals surface area (Å²) in [4.78, 5) is 13.3. The molecule has 0 aromatic rings. The highest BCUT2D eigenvalue weighted by Gasteiger charge is 2.19. The Kier molecular flexibility index (Phi) is 7.89. The van der Waals surface area contributed by atoms with Gasteiger partial charge in [-0.25, -0.2) is 0 Å². The molecule has 1 N–H and O–H groups in total. The summed E-state index contributed by atoms with van der Waals surface area (Å²) in [7, 11) is 0. The molecule has 0 saturated carbocycles. The third-order valence-corrected chi connectivity index (χ3v) is 2.24. The second kappa shape index (κ2) is 8.33. The van der Waals surface area contributed by atoms with Crippen molar-refractivity contribution in [3.05, 3.63) is 25.3 Å². The Morgan fingerprint density at radius 2 is 1.94 bits per heavy atom. The van der Waals surface area contributed by atoms with Crippen LogP contribution in [0.4, 0.5) is 0 Å². The second-order valence-electron chi connectivity index (χ2n) is 3.47. The van der Waals surface area contributed by atoms with Crippen molar-refractivity contribution in [2.45, 2.75) is 6.10 Å². The van der Waals surface area contributed by atoms with E-state index in [1.165, 1.54) is 0 Å². The van der Waals surface area contributed by atoms with Crippen molar-refractivity contribution in [3.8, 4) is 0 Å². The van der Waals surface area contributed by atoms with Gasteiger partial charge in [0.1, 0.15) is 6.61 Å². The van der Waals surface area contributed by atoms with Crippen LogP contribution in [0.3, 0.4) is 0 Å². The van der Waals surface area contributed by atoms with Crippen LogP contribution in [0, 0.1) is 0 Å². The van der Waals surface area contributed by atoms with E-state index in [-0.39, 0.29) is 31.0 Å². The van der Waals surface area contributed by atoms with Crippen LogP contribution in [-0.4, -0.2) is 49.7 Å². The van der Waals surface area contributed by atoms with E-state index in [0.717, 1.165) is 13.1 Å². The van der Waals surface area contributed by atoms with E-state index in [1.54, 1.807) is 17.1 Å². The first-order valence-electron chi connectivity index (χ1n) is 5.09. The predicted molar refractivity (Wildman–Crippen MR) is 66.8 cm³/mol. The van der Waals surface area contributed by atoms with E-state index in [2.05, 4.69) is 18.5 Å². The quantitative estimate of drug-likeness (QED) is 0.669. The molecule has 0 atom stereocenters. The van der Waals surface area contributed by atoms with Crippen molar-refractivity contribution >= 4 is 18.3 Å². The Labute approximate surface area is 103 Å². The maximum atomic E-state index is 11.7. The Balaban J connectivity index is 0.00000225. The van der Waals surface area contributed by atoms with Crippen molar-refractivity contribution < 1.29 is 9.53 Å². The van der Waals surface area contributed by atoms with Gasteiger partial charge in [0.05, 0.1) is 6.10 Å². The first-order chi connectivity index (χ1) is 7.27. The van der Waals surface area contributed by atoms with Gasteiger partial charge in [0, 0.05) is 26.2 Å². The summed E-state index contributed by atoms with van der Waals surface area (Å²) in [5, 5.41) is 3.08. The average Bonchev–Trinajstić information content (AvgIpc) is 2.15. The molecule has 16 heavy (non-hydrogen) atoms. The molecular weight excluding hydrogens is 228 g/mol. The van der Waals surface area contributed by atoms with Crippen molar-refractivity contribution in [3.63, 3.8) is 0 Å². The van der Waals surface area contributed by atoms with Crippen molar-refractivity contribution in [1.29, 1.82) is 0 Å². The molecule has 1 aliphatic rings. The summed E-state index contributed by atoms with van der Waals surface area (Å²) >= 11 is 0. The number of hydrogen-bond acceptors (Lipinski definition) is 3. The van der Waals surface area contributed by atoms with Crippen LogP contribution in [0.25, 0.3) is 0 Å². The lowest BCUT2D eigenvalue weighted by molar-refractivity contribution is -0.138. The van der Waals surface area contributed by atoms with Gasteiger partial charge in [-0.2, -0.15) is 0 Å². The van der Waals surface area contributed by atoms with Crippen molar-refractivity contribution in [2.75, 3.05) is 32.8 Å². The molecule has 0 unspecified atom stereocenters. The molecule has 0 aliphatic carbocycles. The number of halogens is 1. The molecule has 1 saturated heterocycles. The normalized spacial score (nSPS) is 14.5. The summed E-state index contributed by atoms with van der Waals surface area (Å²) in [6.45, 7) is 10.1. The minimum Gasteiger partial charge on any atom is -0.366 e. The summed E-state index contributed by atoms with van der Waals surface area (Å²) in [6.07, 6.45) is 3.60. The van der Waals surface area contributed by atoms with Gasteiger partial charge in [-0.3, -0.25) is 4.79 Å². The van der Waals surface area contributed by atoms with Crippen LogP contribution in [0.2, 0.25) is 0 Å². The zero-order valence-corrected chi connectivity index (χ0v) is 10.2. The molecule has 0 bridgehead atoms. The van der Waals surface area contributed by atoms with Gasteiger partial charge in [0.15, 0.2) is 0 Å². The number of hydrogen-bond donors (Lipinski definition) is 1. The maximum absolute atomic E-state index is 11.7. The lowest BCUT2D eigenvalue weighted by atomic mass is 10.2. The maximum Gasteiger partial charge on any atom is 0.249 e. The van der Waals surface area contributed by atoms with E-state index in [9.17, 15) is 4.79 Å². The molecule has 0 aromatic carbocycles. The van der Waals surface area contributed by atoms with E-state index in [1.807, 2.05) is 0 Å². The highest BCUT2D eigenvalue weighted by Crippen LogP contribution is 1.99. The largest absolute Gasteiger partial charge is 0.366 e. The fourth-order valence-corrected chi connectivity index (χ4v) is 1.25. The molecule has 0 aromatic heterocycles. The van der Waals surface area contributed by atoms with E-state index < -0.39 is 0 Å². The van der Waals surface area contributed by atoms with E-state index >= 15 is 0 Å². The van der Waals surface area contributed by atoms with Crippen LogP contribution in [0.1, 0.15) is 0 Å². The van der Waals surface area contributed by atoms with Crippen LogP contribution >= 0.6 is 12.4 Å². The standard InChI is InChI=1S/C11H18N2O2.ClH/c1-3-5-13(6-4-2)11(14)9-15-10-7-12-8-10;/h3-4,10,12H,1-2,5-9H2;1H. The lowest BCUT2D eigenvalue weighted by Gasteiger charge is -2.28. The fraction of sp³-hybridized carbons (Fsp3) is 0.545. The van der Waals surface area contributed by atoms with Gasteiger partial charge in [-0.1, -0.05) is 12.2 Å². The first kappa shape index (κ1) is 15.2. The van der Waals surface area contributed by atoms with Crippen LogP contribution in [0.5, 0.6) is 0 Å². The highest BCUT2D eigenvalue weighted by molar-refractivity contribution is 5.85. The third-order valence-electron chi connectivity index (χ3n) is 2.24. The van der Waals surface area contributed by atoms with Crippen LogP contribution in [-0.2, 0) is 9.53 Å². The van der Waals surface area contributed by atoms with E-state index in [4.69, 9.17) is 4.74 Å². The first-order valence-corrected chi connectivity index (χ1v) is 5.09. The Hall–Kier alpha value is -0.840. The predicted octanol–water partition coefficient (Wildman–Crippen LogP) is 0.597. The molecule has 1 heterocycles. The number of amides is 1. The number of ether oxygens (including phenoxy) is 1. The number of carbonyl (C=O) groups excluding carboxylic acids is 1. The fourth-order valence-electron chi connectivity index (χ4n) is 1.25. The molecule has 1 fully saturated rings. The Morgan fingerprint density at radius 3 is 2.31 bits per heavy atom. The molecule has 1 amide bonds. The molecule has 1 rings (SSSR count). The molecule has 1 aliphatic heterocycles. The van der Waals surface area contributed by atoms with E-state index in [0.29, 0.717) is 13.1 Å². The molecule has 0 spiro atoms. The summed E-state index contributed by atoms with van der Waals surface area (Å²) < 4.78 is 5.39. The highest BCUT2D eigenvalue weighted by atomic mass is 35.5. The van der Waals surface area contributed by atoms with Gasteiger partial charge in [0.25, 0.3) is 0 Å². The zero-order valence-electron chi connectivity index (χ0n) is 9.35. The minimum atomic E-state index is -0.0123. The zero-order chi connectivity index (χ0) is 11.1. The lowest BCUT2D eigenvalue weighted by Crippen LogP contribution is -2.49. The molecule has 5 heteroatoms. The Morgan fingerprint density at radius 1 is 1.38 bits per heavy atom. The van der Waals surface area contributed by atoms with Gasteiger partial charge in [-0.05, 0) is 0 Å². The molecule has 0 radical (unpaired) electrons. The monoisotopic (exact) mass is 246 g/mol. The van der Waals surface area contributed by atoms with Crippen molar-refractivity contribution in [2.24, 2.45) is 0 Å². The summed E-state index contributed by atoms with van der Waals surface area (Å²) in [5.41, 5.74) is 0. The topological polar surface area (TPSA) is 41.6 Å². The van der Waals surface area contributed by atoms with Gasteiger partial charge in [-0.15, -0.1) is 25.6 Å². The SMILES string of the molecule is C=CCN(CC=C)C(=O)COC1CNC1.Cl. The number of nitrogens with zero attached hydrogens (tertiary/aromatic N) is 1. The number of nitrogens with one attached hydrogen (secondary N) is 1. The minimum absolute atomic E-state index is 0. The van der Waals surface area contributed by atoms with Crippen LogP contribution in [0.15, 0.2) is 25.3 Å². The van der Waals surface area contributed by atoms with Gasteiger partial charge < -0.3 is 15.0 Å². The molecular formula is C11H19ClN2O2. The summed E-state index contributed by atoms with van der Waals surface area (Å²) in [6, 6.07) is 0. The van der Waals surface area contributed by atoms with Crippen LogP contribution < -0.4 is 5.32 Å². The van der Waals surface area contributed by atoms with Gasteiger partial charge in [0.2, 0.25) is 5.91 Å². The summed E-state index contributed by atoms with van der Waals surface area (Å²) in [5.74, 6) is -0.0123. The molecule has 4 nitrogen and oxygen atoms in total.